The maximum atomic E-state index is 11.2. The van der Waals surface area contributed by atoms with E-state index in [1.807, 2.05) is 12.1 Å². The summed E-state index contributed by atoms with van der Waals surface area (Å²) < 4.78 is 0. The van der Waals surface area contributed by atoms with Gasteiger partial charge in [-0.3, -0.25) is 19.9 Å². The summed E-state index contributed by atoms with van der Waals surface area (Å²) in [5.41, 5.74) is 2.91. The number of H-pyrrole nitrogens is 2. The zero-order valence-electron chi connectivity index (χ0n) is 11.9. The molecule has 0 radical (unpaired) electrons. The molecule has 2 saturated heterocycles. The van der Waals surface area contributed by atoms with Crippen molar-refractivity contribution in [1.29, 1.82) is 0 Å². The van der Waals surface area contributed by atoms with Crippen molar-refractivity contribution >= 4 is 5.69 Å². The Hall–Kier alpha value is -2.01. The first-order chi connectivity index (χ1) is 10.3. The minimum atomic E-state index is -0.0977. The molecule has 0 amide bonds. The summed E-state index contributed by atoms with van der Waals surface area (Å²) in [5.74, 6) is 0. The van der Waals surface area contributed by atoms with E-state index in [4.69, 9.17) is 0 Å². The molecule has 1 aromatic heterocycles. The molecule has 110 valence electrons. The van der Waals surface area contributed by atoms with Gasteiger partial charge in [0.25, 0.3) is 5.56 Å². The minimum Gasteiger partial charge on any atom is -0.381 e. The Labute approximate surface area is 123 Å². The van der Waals surface area contributed by atoms with Crippen molar-refractivity contribution in [3.8, 4) is 11.3 Å². The van der Waals surface area contributed by atoms with E-state index < -0.39 is 0 Å². The summed E-state index contributed by atoms with van der Waals surface area (Å²) in [5, 5.41) is 9.12. The molecule has 0 saturated carbocycles. The lowest BCUT2D eigenvalue weighted by Gasteiger charge is -2.22. The number of nitrogens with one attached hydrogen (secondary N) is 3. The van der Waals surface area contributed by atoms with Crippen LogP contribution in [0.4, 0.5) is 5.69 Å². The predicted octanol–water partition coefficient (Wildman–Crippen LogP) is 2.02. The molecule has 3 N–H and O–H groups in total. The van der Waals surface area contributed by atoms with Gasteiger partial charge in [0, 0.05) is 30.4 Å². The van der Waals surface area contributed by atoms with Gasteiger partial charge in [-0.15, -0.1) is 0 Å². The highest BCUT2D eigenvalue weighted by molar-refractivity contribution is 5.62. The van der Waals surface area contributed by atoms with Gasteiger partial charge < -0.3 is 5.32 Å². The third-order valence-corrected chi connectivity index (χ3v) is 4.75. The van der Waals surface area contributed by atoms with Crippen LogP contribution in [0.2, 0.25) is 0 Å². The Kier molecular flexibility index (Phi) is 3.07. The van der Waals surface area contributed by atoms with E-state index in [0.717, 1.165) is 16.9 Å². The van der Waals surface area contributed by atoms with Gasteiger partial charge in [-0.25, -0.2) is 0 Å². The topological polar surface area (TPSA) is 63.9 Å². The van der Waals surface area contributed by atoms with Crippen molar-refractivity contribution < 1.29 is 0 Å². The van der Waals surface area contributed by atoms with Crippen LogP contribution in [-0.2, 0) is 0 Å². The number of anilines is 1. The van der Waals surface area contributed by atoms with E-state index in [2.05, 4.69) is 32.5 Å². The van der Waals surface area contributed by atoms with Crippen LogP contribution in [0.3, 0.4) is 0 Å². The molecule has 5 nitrogen and oxygen atoms in total. The van der Waals surface area contributed by atoms with Gasteiger partial charge in [0.15, 0.2) is 0 Å². The number of fused-ring (bicyclic) bond motifs is 1. The van der Waals surface area contributed by atoms with Gasteiger partial charge in [0.05, 0.1) is 5.69 Å². The second-order valence-corrected chi connectivity index (χ2v) is 6.03. The molecule has 0 aliphatic carbocycles. The number of hydrogen-bond donors (Lipinski definition) is 3. The molecule has 1 aromatic carbocycles. The molecule has 0 bridgehead atoms. The second kappa shape index (κ2) is 5.07. The van der Waals surface area contributed by atoms with Crippen LogP contribution >= 0.6 is 0 Å². The molecule has 21 heavy (non-hydrogen) atoms. The molecule has 2 atom stereocenters. The zero-order chi connectivity index (χ0) is 14.2. The smallest absolute Gasteiger partial charge is 0.264 e. The van der Waals surface area contributed by atoms with Gasteiger partial charge in [0.1, 0.15) is 0 Å². The van der Waals surface area contributed by atoms with Gasteiger partial charge in [-0.1, -0.05) is 12.1 Å². The molecule has 0 spiro atoms. The molecule has 4 rings (SSSR count). The third kappa shape index (κ3) is 2.38. The molecule has 2 fully saturated rings. The lowest BCUT2D eigenvalue weighted by Crippen LogP contribution is -2.33. The highest BCUT2D eigenvalue weighted by atomic mass is 16.1. The van der Waals surface area contributed by atoms with Crippen molar-refractivity contribution in [3.63, 3.8) is 0 Å². The minimum absolute atomic E-state index is 0.0977. The average Bonchev–Trinajstić information content (AvgIpc) is 3.18. The molecular weight excluding hydrogens is 264 g/mol. The highest BCUT2D eigenvalue weighted by Gasteiger charge is 2.36. The molecule has 2 aliphatic heterocycles. The van der Waals surface area contributed by atoms with E-state index in [9.17, 15) is 4.79 Å². The summed E-state index contributed by atoms with van der Waals surface area (Å²) in [7, 11) is 0. The number of benzene rings is 1. The van der Waals surface area contributed by atoms with Crippen LogP contribution in [0.5, 0.6) is 0 Å². The summed E-state index contributed by atoms with van der Waals surface area (Å²) >= 11 is 0. The van der Waals surface area contributed by atoms with Crippen molar-refractivity contribution in [2.24, 2.45) is 0 Å². The van der Waals surface area contributed by atoms with Crippen molar-refractivity contribution in [2.75, 3.05) is 18.4 Å². The number of nitrogens with zero attached hydrogens (tertiary/aromatic N) is 1. The number of rotatable bonds is 3. The molecule has 5 heteroatoms. The lowest BCUT2D eigenvalue weighted by molar-refractivity contribution is 0.318. The standard InChI is InChI=1S/C16H20N4O/c21-16-10-14(18-19-16)11-3-5-12(6-4-11)17-13-7-9-20-8-1-2-15(13)20/h3-6,10,13,15,17H,1-2,7-9H2,(H2,18,19,21). The normalized spacial score (nSPS) is 25.1. The van der Waals surface area contributed by atoms with E-state index >= 15 is 0 Å². The molecule has 2 aromatic rings. The summed E-state index contributed by atoms with van der Waals surface area (Å²) in [4.78, 5) is 13.8. The number of hydrogen-bond acceptors (Lipinski definition) is 3. The summed E-state index contributed by atoms with van der Waals surface area (Å²) in [6, 6.07) is 11.1. The molecular formula is C16H20N4O. The first-order valence-electron chi connectivity index (χ1n) is 7.68. The number of aromatic amines is 2. The Morgan fingerprint density at radius 2 is 1.95 bits per heavy atom. The maximum absolute atomic E-state index is 11.2. The SMILES string of the molecule is O=c1cc(-c2ccc(NC3CCN4CCCC34)cc2)[nH][nH]1. The first kappa shape index (κ1) is 12.7. The van der Waals surface area contributed by atoms with Crippen LogP contribution in [0.25, 0.3) is 11.3 Å². The van der Waals surface area contributed by atoms with Crippen LogP contribution in [0.1, 0.15) is 19.3 Å². The van der Waals surface area contributed by atoms with Gasteiger partial charge >= 0.3 is 0 Å². The average molecular weight is 284 g/mol. The Morgan fingerprint density at radius 1 is 1.10 bits per heavy atom. The predicted molar refractivity (Wildman–Crippen MR) is 83.5 cm³/mol. The van der Waals surface area contributed by atoms with Gasteiger partial charge in [-0.05, 0) is 43.5 Å². The summed E-state index contributed by atoms with van der Waals surface area (Å²) in [6.45, 7) is 2.49. The fourth-order valence-electron chi connectivity index (χ4n) is 3.70. The van der Waals surface area contributed by atoms with Crippen LogP contribution < -0.4 is 10.9 Å². The van der Waals surface area contributed by atoms with Gasteiger partial charge in [-0.2, -0.15) is 0 Å². The monoisotopic (exact) mass is 284 g/mol. The quantitative estimate of drug-likeness (QED) is 0.808. The first-order valence-corrected chi connectivity index (χ1v) is 7.68. The summed E-state index contributed by atoms with van der Waals surface area (Å²) in [6.07, 6.45) is 3.89. The van der Waals surface area contributed by atoms with Crippen molar-refractivity contribution in [1.82, 2.24) is 15.1 Å². The van der Waals surface area contributed by atoms with Crippen molar-refractivity contribution in [3.05, 3.63) is 40.7 Å². The van der Waals surface area contributed by atoms with Crippen molar-refractivity contribution in [2.45, 2.75) is 31.3 Å². The van der Waals surface area contributed by atoms with E-state index in [1.165, 1.54) is 32.4 Å². The fourth-order valence-corrected chi connectivity index (χ4v) is 3.70. The largest absolute Gasteiger partial charge is 0.381 e. The van der Waals surface area contributed by atoms with Crippen LogP contribution in [-0.4, -0.2) is 40.3 Å². The van der Waals surface area contributed by atoms with E-state index in [1.54, 1.807) is 6.07 Å². The Balaban J connectivity index is 1.48. The lowest BCUT2D eigenvalue weighted by atomic mass is 10.1. The van der Waals surface area contributed by atoms with Crippen LogP contribution in [0.15, 0.2) is 35.1 Å². The van der Waals surface area contributed by atoms with Crippen LogP contribution in [0, 0.1) is 0 Å². The fraction of sp³-hybridized carbons (Fsp3) is 0.438. The zero-order valence-corrected chi connectivity index (χ0v) is 11.9. The molecule has 2 aliphatic rings. The Morgan fingerprint density at radius 3 is 2.71 bits per heavy atom. The third-order valence-electron chi connectivity index (χ3n) is 4.75. The molecule has 2 unspecified atom stereocenters. The maximum Gasteiger partial charge on any atom is 0.264 e. The van der Waals surface area contributed by atoms with E-state index in [0.29, 0.717) is 12.1 Å². The Bertz CT molecular complexity index is 672. The highest BCUT2D eigenvalue weighted by Crippen LogP contribution is 2.30. The van der Waals surface area contributed by atoms with Gasteiger partial charge in [0.2, 0.25) is 0 Å². The van der Waals surface area contributed by atoms with E-state index in [-0.39, 0.29) is 5.56 Å². The molecule has 3 heterocycles. The number of aromatic nitrogens is 2. The second-order valence-electron chi connectivity index (χ2n) is 6.03.